The average Bonchev–Trinajstić information content (AvgIpc) is 3.07. The van der Waals surface area contributed by atoms with Gasteiger partial charge < -0.3 is 15.5 Å². The lowest BCUT2D eigenvalue weighted by Crippen LogP contribution is -2.10. The second-order valence-electron chi connectivity index (χ2n) is 4.31. The van der Waals surface area contributed by atoms with Crippen molar-refractivity contribution in [3.05, 3.63) is 18.4 Å². The van der Waals surface area contributed by atoms with Crippen LogP contribution in [0.4, 0.5) is 11.9 Å². The molecule has 0 atom stereocenters. The number of rotatable bonds is 5. The topological polar surface area (TPSA) is 107 Å². The highest BCUT2D eigenvalue weighted by molar-refractivity contribution is 5.52. The molecule has 3 N–H and O–H groups in total. The SMILES string of the molecule is CCCCNc1nc(N)n2nc(-c3ccco3)nc2n1. The summed E-state index contributed by atoms with van der Waals surface area (Å²) in [4.78, 5) is 12.7. The van der Waals surface area contributed by atoms with E-state index in [9.17, 15) is 0 Å². The maximum absolute atomic E-state index is 5.87. The predicted molar refractivity (Wildman–Crippen MR) is 74.1 cm³/mol. The molecule has 3 aromatic heterocycles. The summed E-state index contributed by atoms with van der Waals surface area (Å²) in [6, 6.07) is 3.55. The summed E-state index contributed by atoms with van der Waals surface area (Å²) in [5.41, 5.74) is 5.87. The van der Waals surface area contributed by atoms with Gasteiger partial charge in [-0.25, -0.2) is 0 Å². The predicted octanol–water partition coefficient (Wildman–Crippen LogP) is 1.57. The van der Waals surface area contributed by atoms with E-state index in [-0.39, 0.29) is 5.95 Å². The summed E-state index contributed by atoms with van der Waals surface area (Å²) in [5, 5.41) is 7.34. The molecule has 0 aromatic carbocycles. The van der Waals surface area contributed by atoms with E-state index in [1.54, 1.807) is 18.4 Å². The van der Waals surface area contributed by atoms with Crippen molar-refractivity contribution in [1.29, 1.82) is 0 Å². The third kappa shape index (κ3) is 2.27. The molecule has 3 rings (SSSR count). The molecule has 0 saturated heterocycles. The average molecular weight is 273 g/mol. The van der Waals surface area contributed by atoms with E-state index in [0.717, 1.165) is 19.4 Å². The quantitative estimate of drug-likeness (QED) is 0.679. The van der Waals surface area contributed by atoms with Crippen LogP contribution in [-0.4, -0.2) is 31.1 Å². The van der Waals surface area contributed by atoms with E-state index in [4.69, 9.17) is 10.2 Å². The Morgan fingerprint density at radius 2 is 2.25 bits per heavy atom. The van der Waals surface area contributed by atoms with Crippen LogP contribution >= 0.6 is 0 Å². The smallest absolute Gasteiger partial charge is 0.259 e. The van der Waals surface area contributed by atoms with Gasteiger partial charge in [-0.3, -0.25) is 0 Å². The van der Waals surface area contributed by atoms with Gasteiger partial charge in [0.1, 0.15) is 0 Å². The molecule has 8 nitrogen and oxygen atoms in total. The summed E-state index contributed by atoms with van der Waals surface area (Å²) < 4.78 is 6.65. The molecule has 0 spiro atoms. The molecule has 0 saturated carbocycles. The molecule has 0 radical (unpaired) electrons. The van der Waals surface area contributed by atoms with Crippen molar-refractivity contribution in [2.24, 2.45) is 0 Å². The summed E-state index contributed by atoms with van der Waals surface area (Å²) >= 11 is 0. The number of furan rings is 1. The van der Waals surface area contributed by atoms with Gasteiger partial charge in [0.2, 0.25) is 17.7 Å². The number of nitrogens with two attached hydrogens (primary N) is 1. The first kappa shape index (κ1) is 12.4. The van der Waals surface area contributed by atoms with Gasteiger partial charge in [-0.1, -0.05) is 13.3 Å². The fourth-order valence-corrected chi connectivity index (χ4v) is 1.77. The maximum Gasteiger partial charge on any atom is 0.259 e. The zero-order valence-electron chi connectivity index (χ0n) is 11.1. The van der Waals surface area contributed by atoms with Crippen LogP contribution in [-0.2, 0) is 0 Å². The van der Waals surface area contributed by atoms with Gasteiger partial charge in [0.05, 0.1) is 6.26 Å². The molecule has 0 bridgehead atoms. The molecule has 0 amide bonds. The van der Waals surface area contributed by atoms with E-state index >= 15 is 0 Å². The van der Waals surface area contributed by atoms with E-state index in [1.807, 2.05) is 0 Å². The van der Waals surface area contributed by atoms with Gasteiger partial charge in [-0.2, -0.15) is 19.5 Å². The highest BCUT2D eigenvalue weighted by Crippen LogP contribution is 2.17. The molecule has 0 aliphatic carbocycles. The molecule has 0 aliphatic rings. The van der Waals surface area contributed by atoms with E-state index in [2.05, 4.69) is 32.3 Å². The van der Waals surface area contributed by atoms with E-state index in [0.29, 0.717) is 23.3 Å². The fraction of sp³-hybridized carbons (Fsp3) is 0.333. The Kier molecular flexibility index (Phi) is 3.20. The number of fused-ring (bicyclic) bond motifs is 1. The van der Waals surface area contributed by atoms with Gasteiger partial charge in [-0.05, 0) is 18.6 Å². The summed E-state index contributed by atoms with van der Waals surface area (Å²) in [6.45, 7) is 2.92. The molecule has 3 aromatic rings. The van der Waals surface area contributed by atoms with Gasteiger partial charge in [0, 0.05) is 6.54 Å². The minimum atomic E-state index is 0.235. The van der Waals surface area contributed by atoms with Gasteiger partial charge in [-0.15, -0.1) is 5.10 Å². The van der Waals surface area contributed by atoms with Gasteiger partial charge in [0.25, 0.3) is 5.78 Å². The monoisotopic (exact) mass is 273 g/mol. The highest BCUT2D eigenvalue weighted by Gasteiger charge is 2.13. The molecule has 0 aliphatic heterocycles. The van der Waals surface area contributed by atoms with Crippen molar-refractivity contribution in [2.45, 2.75) is 19.8 Å². The number of nitrogen functional groups attached to an aromatic ring is 1. The molecular weight excluding hydrogens is 258 g/mol. The van der Waals surface area contributed by atoms with Gasteiger partial charge in [0.15, 0.2) is 5.76 Å². The number of nitrogens with zero attached hydrogens (tertiary/aromatic N) is 5. The Hall–Kier alpha value is -2.64. The Balaban J connectivity index is 1.95. The molecule has 0 unspecified atom stereocenters. The van der Waals surface area contributed by atoms with Crippen molar-refractivity contribution in [3.8, 4) is 11.6 Å². The zero-order chi connectivity index (χ0) is 13.9. The minimum Gasteiger partial charge on any atom is -0.461 e. The first-order chi connectivity index (χ1) is 9.78. The van der Waals surface area contributed by atoms with Crippen LogP contribution in [0.2, 0.25) is 0 Å². The molecule has 8 heteroatoms. The first-order valence-electron chi connectivity index (χ1n) is 6.46. The van der Waals surface area contributed by atoms with Crippen molar-refractivity contribution in [3.63, 3.8) is 0 Å². The molecule has 20 heavy (non-hydrogen) atoms. The van der Waals surface area contributed by atoms with Crippen LogP contribution in [0, 0.1) is 0 Å². The maximum atomic E-state index is 5.87. The van der Waals surface area contributed by atoms with Crippen molar-refractivity contribution >= 4 is 17.7 Å². The number of anilines is 2. The van der Waals surface area contributed by atoms with Crippen molar-refractivity contribution in [2.75, 3.05) is 17.6 Å². The van der Waals surface area contributed by atoms with E-state index < -0.39 is 0 Å². The third-order valence-electron chi connectivity index (χ3n) is 2.79. The second kappa shape index (κ2) is 5.16. The lowest BCUT2D eigenvalue weighted by Gasteiger charge is -2.04. The summed E-state index contributed by atoms with van der Waals surface area (Å²) in [5.74, 6) is 2.08. The number of hydrogen-bond donors (Lipinski definition) is 2. The van der Waals surface area contributed by atoms with Crippen LogP contribution in [0.15, 0.2) is 22.8 Å². The highest BCUT2D eigenvalue weighted by atomic mass is 16.3. The lowest BCUT2D eigenvalue weighted by atomic mass is 10.3. The Bertz CT molecular complexity index is 704. The largest absolute Gasteiger partial charge is 0.461 e. The van der Waals surface area contributed by atoms with Crippen LogP contribution in [0.3, 0.4) is 0 Å². The Labute approximate surface area is 115 Å². The number of unbranched alkanes of at least 4 members (excludes halogenated alkanes) is 1. The van der Waals surface area contributed by atoms with Crippen molar-refractivity contribution < 1.29 is 4.42 Å². The Morgan fingerprint density at radius 1 is 1.35 bits per heavy atom. The number of nitrogens with one attached hydrogen (secondary N) is 1. The molecule has 0 fully saturated rings. The zero-order valence-corrected chi connectivity index (χ0v) is 11.1. The van der Waals surface area contributed by atoms with Crippen molar-refractivity contribution in [1.82, 2.24) is 24.6 Å². The third-order valence-corrected chi connectivity index (χ3v) is 2.79. The van der Waals surface area contributed by atoms with Crippen LogP contribution in [0.1, 0.15) is 19.8 Å². The normalized spacial score (nSPS) is 11.1. The summed E-state index contributed by atoms with van der Waals surface area (Å²) in [7, 11) is 0. The van der Waals surface area contributed by atoms with Crippen LogP contribution < -0.4 is 11.1 Å². The van der Waals surface area contributed by atoms with E-state index in [1.165, 1.54) is 4.52 Å². The first-order valence-corrected chi connectivity index (χ1v) is 6.46. The van der Waals surface area contributed by atoms with Gasteiger partial charge >= 0.3 is 0 Å². The minimum absolute atomic E-state index is 0.235. The Morgan fingerprint density at radius 3 is 3.00 bits per heavy atom. The summed E-state index contributed by atoms with van der Waals surface area (Å²) in [6.07, 6.45) is 3.70. The standard InChI is InChI=1S/C12H15N7O/c1-2-3-6-14-11-16-10(13)19-12(17-11)15-9(18-19)8-5-4-7-20-8/h4-5,7H,2-3,6H2,1H3,(H3,13,14,15,16,17,18). The lowest BCUT2D eigenvalue weighted by molar-refractivity contribution is 0.577. The van der Waals surface area contributed by atoms with Crippen LogP contribution in [0.25, 0.3) is 17.4 Å². The molecule has 3 heterocycles. The molecule has 104 valence electrons. The molecular formula is C12H15N7O. The fourth-order valence-electron chi connectivity index (χ4n) is 1.77. The number of aromatic nitrogens is 5. The second-order valence-corrected chi connectivity index (χ2v) is 4.31. The number of hydrogen-bond acceptors (Lipinski definition) is 7. The van der Waals surface area contributed by atoms with Crippen LogP contribution in [0.5, 0.6) is 0 Å².